The fraction of sp³-hybridized carbons (Fsp3) is 0.344. The van der Waals surface area contributed by atoms with E-state index in [1.165, 1.54) is 28.8 Å². The molecule has 1 aromatic heterocycles. The smallest absolute Gasteiger partial charge is 0.394 e. The molecule has 1 N–H and O–H groups in total. The van der Waals surface area contributed by atoms with E-state index >= 15 is 0 Å². The number of rotatable bonds is 6. The Bertz CT molecular complexity index is 1560. The van der Waals surface area contributed by atoms with Gasteiger partial charge in [-0.3, -0.25) is 4.68 Å². The van der Waals surface area contributed by atoms with Gasteiger partial charge in [-0.2, -0.15) is 18.3 Å². The lowest BCUT2D eigenvalue weighted by molar-refractivity contribution is -0.137. The van der Waals surface area contributed by atoms with Crippen molar-refractivity contribution in [3.8, 4) is 22.3 Å². The zero-order chi connectivity index (χ0) is 28.1. The summed E-state index contributed by atoms with van der Waals surface area (Å²) in [4.78, 5) is 0. The SMILES string of the molecule is CSc1cc(C2CC(C)(c3c(-c4cccc(C(F)(F)F)c4)ccc4c3Cc3ccccc3-4)CCO2)n(CCO)n1. The average Bonchev–Trinajstić information content (AvgIpc) is 3.53. The van der Waals surface area contributed by atoms with Crippen LogP contribution in [-0.2, 0) is 29.3 Å². The molecule has 0 saturated carbocycles. The van der Waals surface area contributed by atoms with Crippen molar-refractivity contribution in [1.29, 1.82) is 0 Å². The van der Waals surface area contributed by atoms with Gasteiger partial charge in [-0.1, -0.05) is 55.5 Å². The number of thioether (sulfide) groups is 1. The van der Waals surface area contributed by atoms with Crippen molar-refractivity contribution in [2.75, 3.05) is 19.5 Å². The molecule has 208 valence electrons. The molecule has 4 aromatic rings. The Morgan fingerprint density at radius 3 is 2.62 bits per heavy atom. The number of halogens is 3. The first-order valence-electron chi connectivity index (χ1n) is 13.5. The molecule has 1 aliphatic carbocycles. The highest BCUT2D eigenvalue weighted by Gasteiger charge is 2.41. The molecule has 3 aromatic carbocycles. The minimum Gasteiger partial charge on any atom is -0.394 e. The molecule has 8 heteroatoms. The molecular formula is C32H31F3N2O2S. The van der Waals surface area contributed by atoms with Gasteiger partial charge in [0, 0.05) is 6.61 Å². The summed E-state index contributed by atoms with van der Waals surface area (Å²) < 4.78 is 49.4. The molecule has 2 atom stereocenters. The van der Waals surface area contributed by atoms with Crippen LogP contribution in [0.5, 0.6) is 0 Å². The standard InChI is InChI=1S/C32H31F3N2O2S/c1-31(12-15-39-28(19-31)27-18-29(40-2)36-37(27)13-14-38)30-24(20-7-5-8-22(16-20)32(33,34)35)10-11-25-23-9-4-3-6-21(23)17-26(25)30/h3-11,16,18,28,38H,12-15,17,19H2,1-2H3. The van der Waals surface area contributed by atoms with Crippen LogP contribution in [0, 0.1) is 0 Å². The Morgan fingerprint density at radius 2 is 1.85 bits per heavy atom. The lowest BCUT2D eigenvalue weighted by Gasteiger charge is -2.41. The molecule has 40 heavy (non-hydrogen) atoms. The number of aliphatic hydroxyl groups excluding tert-OH is 1. The van der Waals surface area contributed by atoms with Crippen molar-refractivity contribution in [3.05, 3.63) is 94.7 Å². The van der Waals surface area contributed by atoms with Crippen LogP contribution in [0.15, 0.2) is 71.8 Å². The Morgan fingerprint density at radius 1 is 1.05 bits per heavy atom. The molecule has 2 unspecified atom stereocenters. The molecule has 1 saturated heterocycles. The summed E-state index contributed by atoms with van der Waals surface area (Å²) in [5, 5.41) is 15.1. The molecule has 0 amide bonds. The number of aromatic nitrogens is 2. The van der Waals surface area contributed by atoms with E-state index in [-0.39, 0.29) is 18.1 Å². The largest absolute Gasteiger partial charge is 0.416 e. The topological polar surface area (TPSA) is 47.3 Å². The Labute approximate surface area is 236 Å². The number of benzene rings is 3. The van der Waals surface area contributed by atoms with Crippen LogP contribution in [0.3, 0.4) is 0 Å². The molecule has 1 aliphatic heterocycles. The van der Waals surface area contributed by atoms with Gasteiger partial charge in [-0.05, 0) is 88.1 Å². The summed E-state index contributed by atoms with van der Waals surface area (Å²) in [6.45, 7) is 3.08. The third kappa shape index (κ3) is 4.76. The van der Waals surface area contributed by atoms with Gasteiger partial charge in [-0.15, -0.1) is 11.8 Å². The first-order chi connectivity index (χ1) is 19.2. The number of fused-ring (bicyclic) bond motifs is 3. The fourth-order valence-corrected chi connectivity index (χ4v) is 6.88. The number of nitrogens with zero attached hydrogens (tertiary/aromatic N) is 2. The van der Waals surface area contributed by atoms with Crippen LogP contribution in [0.25, 0.3) is 22.3 Å². The lowest BCUT2D eigenvalue weighted by Crippen LogP contribution is -2.35. The van der Waals surface area contributed by atoms with Gasteiger partial charge < -0.3 is 9.84 Å². The third-order valence-electron chi connectivity index (χ3n) is 8.34. The molecule has 4 nitrogen and oxygen atoms in total. The summed E-state index contributed by atoms with van der Waals surface area (Å²) in [6.07, 6.45) is -0.575. The molecule has 6 rings (SSSR count). The number of ether oxygens (including phenoxy) is 1. The predicted octanol–water partition coefficient (Wildman–Crippen LogP) is 7.66. The minimum atomic E-state index is -4.42. The van der Waals surface area contributed by atoms with Gasteiger partial charge in [0.2, 0.25) is 0 Å². The van der Waals surface area contributed by atoms with Crippen LogP contribution in [0.2, 0.25) is 0 Å². The van der Waals surface area contributed by atoms with Gasteiger partial charge in [0.25, 0.3) is 0 Å². The van der Waals surface area contributed by atoms with Crippen LogP contribution in [0.4, 0.5) is 13.2 Å². The maximum atomic E-state index is 13.7. The zero-order valence-corrected chi connectivity index (χ0v) is 23.3. The van der Waals surface area contributed by atoms with Crippen molar-refractivity contribution < 1.29 is 23.0 Å². The summed E-state index contributed by atoms with van der Waals surface area (Å²) >= 11 is 1.54. The number of aliphatic hydroxyl groups is 1. The average molecular weight is 565 g/mol. The van der Waals surface area contributed by atoms with Crippen LogP contribution in [-0.4, -0.2) is 34.4 Å². The van der Waals surface area contributed by atoms with Crippen LogP contribution in [0.1, 0.15) is 53.8 Å². The second-order valence-electron chi connectivity index (χ2n) is 10.9. The predicted molar refractivity (Wildman–Crippen MR) is 151 cm³/mol. The zero-order valence-electron chi connectivity index (χ0n) is 22.5. The number of hydrogen-bond acceptors (Lipinski definition) is 4. The van der Waals surface area contributed by atoms with E-state index in [1.807, 2.05) is 35.2 Å². The maximum Gasteiger partial charge on any atom is 0.416 e. The number of alkyl halides is 3. The first-order valence-corrected chi connectivity index (χ1v) is 14.7. The molecular weight excluding hydrogens is 533 g/mol. The van der Waals surface area contributed by atoms with E-state index in [0.717, 1.165) is 46.3 Å². The van der Waals surface area contributed by atoms with Crippen molar-refractivity contribution in [1.82, 2.24) is 9.78 Å². The fourth-order valence-electron chi connectivity index (χ4n) is 6.46. The minimum absolute atomic E-state index is 0.0311. The van der Waals surface area contributed by atoms with Gasteiger partial charge in [0.1, 0.15) is 5.03 Å². The summed E-state index contributed by atoms with van der Waals surface area (Å²) in [7, 11) is 0. The normalized spacial score (nSPS) is 20.4. The lowest BCUT2D eigenvalue weighted by atomic mass is 9.68. The molecule has 0 spiro atoms. The third-order valence-corrected chi connectivity index (χ3v) is 8.96. The highest BCUT2D eigenvalue weighted by Crippen LogP contribution is 2.51. The van der Waals surface area contributed by atoms with Gasteiger partial charge in [-0.25, -0.2) is 0 Å². The quantitative estimate of drug-likeness (QED) is 0.215. The van der Waals surface area contributed by atoms with E-state index in [1.54, 1.807) is 17.8 Å². The summed E-state index contributed by atoms with van der Waals surface area (Å²) in [6, 6.07) is 20.1. The second kappa shape index (κ2) is 10.4. The summed E-state index contributed by atoms with van der Waals surface area (Å²) in [5.41, 5.74) is 7.18. The van der Waals surface area contributed by atoms with Gasteiger partial charge in [0.15, 0.2) is 0 Å². The van der Waals surface area contributed by atoms with Crippen molar-refractivity contribution in [3.63, 3.8) is 0 Å². The summed E-state index contributed by atoms with van der Waals surface area (Å²) in [5.74, 6) is 0. The molecule has 0 bridgehead atoms. The van der Waals surface area contributed by atoms with Crippen molar-refractivity contribution >= 4 is 11.8 Å². The second-order valence-corrected chi connectivity index (χ2v) is 11.7. The van der Waals surface area contributed by atoms with E-state index in [9.17, 15) is 18.3 Å². The van der Waals surface area contributed by atoms with Gasteiger partial charge in [0.05, 0.1) is 30.5 Å². The maximum absolute atomic E-state index is 13.7. The van der Waals surface area contributed by atoms with E-state index < -0.39 is 11.7 Å². The molecule has 2 heterocycles. The van der Waals surface area contributed by atoms with Crippen molar-refractivity contribution in [2.45, 2.75) is 55.5 Å². The monoisotopic (exact) mass is 564 g/mol. The molecule has 1 fully saturated rings. The van der Waals surface area contributed by atoms with E-state index in [0.29, 0.717) is 25.1 Å². The number of hydrogen-bond donors (Lipinski definition) is 1. The highest BCUT2D eigenvalue weighted by molar-refractivity contribution is 7.98. The van der Waals surface area contributed by atoms with Crippen molar-refractivity contribution in [2.24, 2.45) is 0 Å². The Kier molecular flexibility index (Phi) is 7.05. The molecule has 2 aliphatic rings. The van der Waals surface area contributed by atoms with Crippen LogP contribution >= 0.6 is 11.8 Å². The molecule has 0 radical (unpaired) electrons. The Balaban J connectivity index is 1.50. The van der Waals surface area contributed by atoms with E-state index in [4.69, 9.17) is 4.74 Å². The van der Waals surface area contributed by atoms with Crippen LogP contribution < -0.4 is 0 Å². The Hall–Kier alpha value is -3.07. The van der Waals surface area contributed by atoms with Gasteiger partial charge >= 0.3 is 6.18 Å². The first kappa shape index (κ1) is 27.1. The highest BCUT2D eigenvalue weighted by atomic mass is 32.2. The van der Waals surface area contributed by atoms with E-state index in [2.05, 4.69) is 30.2 Å².